The lowest BCUT2D eigenvalue weighted by Crippen LogP contribution is -1.98. The van der Waals surface area contributed by atoms with E-state index in [1.54, 1.807) is 4.68 Å². The summed E-state index contributed by atoms with van der Waals surface area (Å²) in [5, 5.41) is 14.1. The van der Waals surface area contributed by atoms with Crippen molar-refractivity contribution in [1.29, 1.82) is 0 Å². The Bertz CT molecular complexity index is 520. The molecule has 0 atom stereocenters. The van der Waals surface area contributed by atoms with Gasteiger partial charge in [0.15, 0.2) is 0 Å². The summed E-state index contributed by atoms with van der Waals surface area (Å²) in [6.45, 7) is 4.17. The van der Waals surface area contributed by atoms with Crippen LogP contribution < -0.4 is 0 Å². The van der Waals surface area contributed by atoms with E-state index in [0.29, 0.717) is 10.9 Å². The molecule has 3 nitrogen and oxygen atoms in total. The molecule has 1 N–H and O–H groups in total. The van der Waals surface area contributed by atoms with Crippen LogP contribution in [-0.4, -0.2) is 14.9 Å². The van der Waals surface area contributed by atoms with Gasteiger partial charge in [-0.3, -0.25) is 0 Å². The summed E-state index contributed by atoms with van der Waals surface area (Å²) < 4.78 is 1.79. The first-order valence-electron chi connectivity index (χ1n) is 5.57. The van der Waals surface area contributed by atoms with E-state index in [1.807, 2.05) is 30.5 Å². The van der Waals surface area contributed by atoms with Gasteiger partial charge < -0.3 is 5.11 Å². The summed E-state index contributed by atoms with van der Waals surface area (Å²) in [5.41, 5.74) is 2.68. The minimum absolute atomic E-state index is 0.0462. The van der Waals surface area contributed by atoms with Gasteiger partial charge in [0.05, 0.1) is 18.0 Å². The molecule has 0 aliphatic rings. The van der Waals surface area contributed by atoms with E-state index in [1.165, 1.54) is 0 Å². The van der Waals surface area contributed by atoms with Crippen molar-refractivity contribution in [2.75, 3.05) is 0 Å². The molecule has 1 aromatic carbocycles. The van der Waals surface area contributed by atoms with Crippen LogP contribution in [0.2, 0.25) is 5.02 Å². The molecule has 90 valence electrons. The molecule has 0 unspecified atom stereocenters. The van der Waals surface area contributed by atoms with Crippen LogP contribution in [0.5, 0.6) is 0 Å². The van der Waals surface area contributed by atoms with Crippen molar-refractivity contribution in [2.24, 2.45) is 0 Å². The van der Waals surface area contributed by atoms with Crippen LogP contribution in [0.25, 0.3) is 5.69 Å². The maximum atomic E-state index is 9.05. The van der Waals surface area contributed by atoms with Crippen LogP contribution in [-0.2, 0) is 6.61 Å². The molecule has 2 aromatic rings. The second-order valence-corrected chi connectivity index (χ2v) is 4.68. The zero-order chi connectivity index (χ0) is 12.4. The number of rotatable bonds is 3. The summed E-state index contributed by atoms with van der Waals surface area (Å²) in [6.07, 6.45) is 1.92. The maximum Gasteiger partial charge on any atom is 0.0696 e. The first-order chi connectivity index (χ1) is 8.11. The lowest BCUT2D eigenvalue weighted by molar-refractivity contribution is 0.282. The van der Waals surface area contributed by atoms with E-state index in [-0.39, 0.29) is 6.61 Å². The van der Waals surface area contributed by atoms with E-state index < -0.39 is 0 Å². The smallest absolute Gasteiger partial charge is 0.0696 e. The third-order valence-corrected chi connectivity index (χ3v) is 3.02. The number of hydrogen-bond acceptors (Lipinski definition) is 2. The van der Waals surface area contributed by atoms with Gasteiger partial charge in [0.1, 0.15) is 0 Å². The summed E-state index contributed by atoms with van der Waals surface area (Å²) in [7, 11) is 0. The van der Waals surface area contributed by atoms with Gasteiger partial charge in [-0.15, -0.1) is 0 Å². The SMILES string of the molecule is CC(C)c1ccn(-c2ccc(CO)c(Cl)c2)n1. The van der Waals surface area contributed by atoms with Crippen molar-refractivity contribution >= 4 is 11.6 Å². The molecular weight excluding hydrogens is 236 g/mol. The van der Waals surface area contributed by atoms with Crippen molar-refractivity contribution in [2.45, 2.75) is 26.4 Å². The van der Waals surface area contributed by atoms with Gasteiger partial charge >= 0.3 is 0 Å². The van der Waals surface area contributed by atoms with Crippen molar-refractivity contribution in [3.63, 3.8) is 0 Å². The van der Waals surface area contributed by atoms with Crippen LogP contribution in [0.4, 0.5) is 0 Å². The Kier molecular flexibility index (Phi) is 3.50. The van der Waals surface area contributed by atoms with Crippen molar-refractivity contribution in [1.82, 2.24) is 9.78 Å². The summed E-state index contributed by atoms with van der Waals surface area (Å²) >= 11 is 6.05. The molecule has 0 fully saturated rings. The number of halogens is 1. The molecular formula is C13H15ClN2O. The molecule has 0 radical (unpaired) electrons. The summed E-state index contributed by atoms with van der Waals surface area (Å²) in [5.74, 6) is 0.406. The Morgan fingerprint density at radius 1 is 1.35 bits per heavy atom. The molecule has 4 heteroatoms. The van der Waals surface area contributed by atoms with Gasteiger partial charge in [0, 0.05) is 11.2 Å². The number of aliphatic hydroxyl groups excluding tert-OH is 1. The fourth-order valence-corrected chi connectivity index (χ4v) is 1.83. The molecule has 0 spiro atoms. The zero-order valence-corrected chi connectivity index (χ0v) is 10.6. The Hall–Kier alpha value is -1.32. The highest BCUT2D eigenvalue weighted by Crippen LogP contribution is 2.21. The first-order valence-corrected chi connectivity index (χ1v) is 5.95. The minimum Gasteiger partial charge on any atom is -0.392 e. The average molecular weight is 251 g/mol. The standard InChI is InChI=1S/C13H15ClN2O/c1-9(2)13-5-6-16(15-13)11-4-3-10(8-17)12(14)7-11/h3-7,9,17H,8H2,1-2H3. The quantitative estimate of drug-likeness (QED) is 0.909. The number of nitrogens with zero attached hydrogens (tertiary/aromatic N) is 2. The van der Waals surface area contributed by atoms with Crippen LogP contribution >= 0.6 is 11.6 Å². The molecule has 1 heterocycles. The Labute approximate surface area is 106 Å². The Balaban J connectivity index is 2.36. The van der Waals surface area contributed by atoms with Crippen molar-refractivity contribution in [3.8, 4) is 5.69 Å². The molecule has 0 saturated carbocycles. The second kappa shape index (κ2) is 4.90. The number of benzene rings is 1. The fourth-order valence-electron chi connectivity index (χ4n) is 1.60. The topological polar surface area (TPSA) is 38.0 Å². The van der Waals surface area contributed by atoms with Gasteiger partial charge in [-0.2, -0.15) is 5.10 Å². The molecule has 1 aromatic heterocycles. The van der Waals surface area contributed by atoms with Gasteiger partial charge in [-0.1, -0.05) is 31.5 Å². The minimum atomic E-state index is -0.0462. The van der Waals surface area contributed by atoms with E-state index in [9.17, 15) is 0 Å². The highest BCUT2D eigenvalue weighted by molar-refractivity contribution is 6.31. The molecule has 0 aliphatic carbocycles. The molecule has 0 bridgehead atoms. The van der Waals surface area contributed by atoms with E-state index in [2.05, 4.69) is 18.9 Å². The zero-order valence-electron chi connectivity index (χ0n) is 9.89. The number of aromatic nitrogens is 2. The van der Waals surface area contributed by atoms with Crippen molar-refractivity contribution in [3.05, 3.63) is 46.7 Å². The number of aliphatic hydroxyl groups is 1. The van der Waals surface area contributed by atoms with E-state index in [4.69, 9.17) is 16.7 Å². The highest BCUT2D eigenvalue weighted by Gasteiger charge is 2.06. The lowest BCUT2D eigenvalue weighted by Gasteiger charge is -2.05. The highest BCUT2D eigenvalue weighted by atomic mass is 35.5. The maximum absolute atomic E-state index is 9.05. The van der Waals surface area contributed by atoms with Gasteiger partial charge in [0.25, 0.3) is 0 Å². The lowest BCUT2D eigenvalue weighted by atomic mass is 10.1. The third-order valence-electron chi connectivity index (χ3n) is 2.67. The number of hydrogen-bond donors (Lipinski definition) is 1. The molecule has 2 rings (SSSR count). The molecule has 0 saturated heterocycles. The van der Waals surface area contributed by atoms with Crippen LogP contribution in [0.3, 0.4) is 0 Å². The van der Waals surface area contributed by atoms with Gasteiger partial charge in [-0.05, 0) is 29.7 Å². The van der Waals surface area contributed by atoms with Crippen LogP contribution in [0.1, 0.15) is 31.0 Å². The average Bonchev–Trinajstić information content (AvgIpc) is 2.78. The van der Waals surface area contributed by atoms with Crippen LogP contribution in [0, 0.1) is 0 Å². The van der Waals surface area contributed by atoms with E-state index >= 15 is 0 Å². The summed E-state index contributed by atoms with van der Waals surface area (Å²) in [4.78, 5) is 0. The van der Waals surface area contributed by atoms with Crippen molar-refractivity contribution < 1.29 is 5.11 Å². The largest absolute Gasteiger partial charge is 0.392 e. The Morgan fingerprint density at radius 2 is 2.12 bits per heavy atom. The predicted molar refractivity (Wildman–Crippen MR) is 68.6 cm³/mol. The second-order valence-electron chi connectivity index (χ2n) is 4.27. The van der Waals surface area contributed by atoms with Gasteiger partial charge in [-0.25, -0.2) is 4.68 Å². The van der Waals surface area contributed by atoms with Gasteiger partial charge in [0.2, 0.25) is 0 Å². The third kappa shape index (κ3) is 2.51. The monoisotopic (exact) mass is 250 g/mol. The predicted octanol–water partition coefficient (Wildman–Crippen LogP) is 3.14. The molecule has 17 heavy (non-hydrogen) atoms. The first kappa shape index (κ1) is 12.1. The normalized spacial score (nSPS) is 11.1. The fraction of sp³-hybridized carbons (Fsp3) is 0.308. The summed E-state index contributed by atoms with van der Waals surface area (Å²) in [6, 6.07) is 7.52. The van der Waals surface area contributed by atoms with E-state index in [0.717, 1.165) is 16.9 Å². The van der Waals surface area contributed by atoms with Crippen LogP contribution in [0.15, 0.2) is 30.5 Å². The molecule has 0 amide bonds. The Morgan fingerprint density at radius 3 is 2.65 bits per heavy atom. The molecule has 0 aliphatic heterocycles.